The summed E-state index contributed by atoms with van der Waals surface area (Å²) in [5.74, 6) is -0.758. The molecule has 2 heterocycles. The first kappa shape index (κ1) is 21.4. The van der Waals surface area contributed by atoms with E-state index >= 15 is 0 Å². The number of hydrogen-bond donors (Lipinski definition) is 1. The Morgan fingerprint density at radius 3 is 2.68 bits per heavy atom. The van der Waals surface area contributed by atoms with Crippen LogP contribution in [0, 0.1) is 0 Å². The fourth-order valence-electron chi connectivity index (χ4n) is 2.99. The number of imide groups is 1. The van der Waals surface area contributed by atoms with Gasteiger partial charge < -0.3 is 9.52 Å². The van der Waals surface area contributed by atoms with E-state index < -0.39 is 11.9 Å². The SMILES string of the molecule is O=C(O)c1cc(-c2ccc(/C=C3/SC(=O)N(Cc4ccccc4Br)C3=O)o2)ccc1Cl. The molecule has 4 rings (SSSR count). The highest BCUT2D eigenvalue weighted by molar-refractivity contribution is 9.10. The van der Waals surface area contributed by atoms with Gasteiger partial charge in [-0.2, -0.15) is 0 Å². The average molecular weight is 519 g/mol. The Balaban J connectivity index is 1.56. The van der Waals surface area contributed by atoms with Crippen molar-refractivity contribution < 1.29 is 23.9 Å². The van der Waals surface area contributed by atoms with Crippen molar-refractivity contribution in [1.82, 2.24) is 4.90 Å². The van der Waals surface area contributed by atoms with Crippen LogP contribution in [-0.2, 0) is 11.3 Å². The molecule has 0 aliphatic carbocycles. The smallest absolute Gasteiger partial charge is 0.337 e. The maximum absolute atomic E-state index is 12.7. The molecule has 1 N–H and O–H groups in total. The predicted molar refractivity (Wildman–Crippen MR) is 122 cm³/mol. The van der Waals surface area contributed by atoms with Gasteiger partial charge in [0.05, 0.1) is 22.0 Å². The standard InChI is InChI=1S/C22H13BrClNO5S/c23-16-4-2-1-3-13(16)11-25-20(26)19(31-22(25)29)10-14-6-8-18(30-14)12-5-7-17(24)15(9-12)21(27)28/h1-10H,11H2,(H,27,28)/b19-10+. The van der Waals surface area contributed by atoms with E-state index in [4.69, 9.17) is 16.0 Å². The summed E-state index contributed by atoms with van der Waals surface area (Å²) in [4.78, 5) is 37.8. The van der Waals surface area contributed by atoms with E-state index in [0.717, 1.165) is 21.8 Å². The number of carbonyl (C=O) groups excluding carboxylic acids is 2. The lowest BCUT2D eigenvalue weighted by Gasteiger charge is -2.13. The van der Waals surface area contributed by atoms with Gasteiger partial charge in [0.1, 0.15) is 11.5 Å². The number of aromatic carboxylic acids is 1. The van der Waals surface area contributed by atoms with E-state index in [2.05, 4.69) is 15.9 Å². The van der Waals surface area contributed by atoms with Crippen LogP contribution in [0.3, 0.4) is 0 Å². The van der Waals surface area contributed by atoms with E-state index in [1.165, 1.54) is 23.1 Å². The molecule has 2 amide bonds. The van der Waals surface area contributed by atoms with Crippen molar-refractivity contribution in [3.05, 3.63) is 85.9 Å². The zero-order valence-electron chi connectivity index (χ0n) is 15.7. The van der Waals surface area contributed by atoms with Crippen LogP contribution in [0.2, 0.25) is 5.02 Å². The summed E-state index contributed by atoms with van der Waals surface area (Å²) >= 11 is 10.2. The van der Waals surface area contributed by atoms with E-state index in [1.807, 2.05) is 24.3 Å². The fourth-order valence-corrected chi connectivity index (χ4v) is 4.42. The summed E-state index contributed by atoms with van der Waals surface area (Å²) in [5.41, 5.74) is 1.32. The van der Waals surface area contributed by atoms with E-state index in [1.54, 1.807) is 18.2 Å². The van der Waals surface area contributed by atoms with Gasteiger partial charge in [-0.05, 0) is 53.7 Å². The van der Waals surface area contributed by atoms with Crippen molar-refractivity contribution in [3.8, 4) is 11.3 Å². The molecule has 0 unspecified atom stereocenters. The highest BCUT2D eigenvalue weighted by Crippen LogP contribution is 2.35. The van der Waals surface area contributed by atoms with Crippen molar-refractivity contribution in [1.29, 1.82) is 0 Å². The summed E-state index contributed by atoms with van der Waals surface area (Å²) in [6.07, 6.45) is 1.50. The highest BCUT2D eigenvalue weighted by Gasteiger charge is 2.35. The Hall–Kier alpha value is -2.81. The van der Waals surface area contributed by atoms with Crippen LogP contribution >= 0.6 is 39.3 Å². The van der Waals surface area contributed by atoms with Crippen LogP contribution in [0.4, 0.5) is 4.79 Å². The van der Waals surface area contributed by atoms with Crippen LogP contribution in [-0.4, -0.2) is 27.1 Å². The summed E-state index contributed by atoms with van der Waals surface area (Å²) in [6.45, 7) is 0.162. The molecule has 1 saturated heterocycles. The number of furan rings is 1. The van der Waals surface area contributed by atoms with E-state index in [-0.39, 0.29) is 27.3 Å². The Morgan fingerprint density at radius 1 is 1.16 bits per heavy atom. The van der Waals surface area contributed by atoms with Crippen LogP contribution in [0.5, 0.6) is 0 Å². The van der Waals surface area contributed by atoms with Crippen LogP contribution in [0.1, 0.15) is 21.7 Å². The normalized spacial score (nSPS) is 15.2. The lowest BCUT2D eigenvalue weighted by atomic mass is 10.1. The molecule has 0 spiro atoms. The third kappa shape index (κ3) is 4.46. The zero-order chi connectivity index (χ0) is 22.1. The van der Waals surface area contributed by atoms with Gasteiger partial charge in [-0.15, -0.1) is 0 Å². The maximum atomic E-state index is 12.7. The largest absolute Gasteiger partial charge is 0.478 e. The third-order valence-corrected chi connectivity index (χ3v) is 6.55. The Labute approximate surface area is 194 Å². The maximum Gasteiger partial charge on any atom is 0.337 e. The Bertz CT molecular complexity index is 1250. The minimum Gasteiger partial charge on any atom is -0.478 e. The van der Waals surface area contributed by atoms with Crippen molar-refractivity contribution in [2.45, 2.75) is 6.54 Å². The molecule has 1 aromatic heterocycles. The van der Waals surface area contributed by atoms with Gasteiger partial charge in [-0.1, -0.05) is 45.7 Å². The molecular formula is C22H13BrClNO5S. The molecule has 1 aliphatic rings. The van der Waals surface area contributed by atoms with Crippen molar-refractivity contribution in [2.75, 3.05) is 0 Å². The van der Waals surface area contributed by atoms with Crippen molar-refractivity contribution in [2.24, 2.45) is 0 Å². The van der Waals surface area contributed by atoms with Gasteiger partial charge >= 0.3 is 5.97 Å². The number of rotatable bonds is 5. The third-order valence-electron chi connectivity index (χ3n) is 4.54. The fraction of sp³-hybridized carbons (Fsp3) is 0.0455. The second-order valence-corrected chi connectivity index (χ2v) is 8.82. The number of carboxylic acid groups (broad SMARTS) is 1. The van der Waals surface area contributed by atoms with Gasteiger partial charge in [-0.25, -0.2) is 4.79 Å². The van der Waals surface area contributed by atoms with E-state index in [0.29, 0.717) is 17.1 Å². The number of thioether (sulfide) groups is 1. The highest BCUT2D eigenvalue weighted by atomic mass is 79.9. The van der Waals surface area contributed by atoms with Crippen LogP contribution < -0.4 is 0 Å². The summed E-state index contributed by atoms with van der Waals surface area (Å²) in [6, 6.07) is 15.2. The molecule has 156 valence electrons. The number of carbonyl (C=O) groups is 3. The van der Waals surface area contributed by atoms with E-state index in [9.17, 15) is 19.5 Å². The number of amides is 2. The quantitative estimate of drug-likeness (QED) is 0.399. The first-order chi connectivity index (χ1) is 14.8. The first-order valence-electron chi connectivity index (χ1n) is 8.95. The molecule has 0 saturated carbocycles. The number of carboxylic acids is 1. The van der Waals surface area contributed by atoms with Crippen LogP contribution in [0.25, 0.3) is 17.4 Å². The second kappa shape index (κ2) is 8.74. The lowest BCUT2D eigenvalue weighted by molar-refractivity contribution is -0.123. The van der Waals surface area contributed by atoms with Gasteiger partial charge in [0.2, 0.25) is 0 Å². The molecule has 3 aromatic rings. The molecule has 1 aliphatic heterocycles. The topological polar surface area (TPSA) is 87.8 Å². The predicted octanol–water partition coefficient (Wildman–Crippen LogP) is 6.30. The van der Waals surface area contributed by atoms with Gasteiger partial charge in [0.25, 0.3) is 11.1 Å². The second-order valence-electron chi connectivity index (χ2n) is 6.56. The molecule has 9 heteroatoms. The molecule has 0 atom stereocenters. The summed E-state index contributed by atoms with van der Waals surface area (Å²) in [7, 11) is 0. The minimum atomic E-state index is -1.14. The number of halogens is 2. The Morgan fingerprint density at radius 2 is 1.94 bits per heavy atom. The monoisotopic (exact) mass is 517 g/mol. The van der Waals surface area contributed by atoms with Crippen LogP contribution in [0.15, 0.2) is 68.4 Å². The summed E-state index contributed by atoms with van der Waals surface area (Å²) in [5, 5.41) is 9.00. The minimum absolute atomic E-state index is 0.0368. The Kier molecular flexibility index (Phi) is 6.04. The van der Waals surface area contributed by atoms with Gasteiger partial charge in [0, 0.05) is 16.1 Å². The average Bonchev–Trinajstić information content (AvgIpc) is 3.30. The first-order valence-corrected chi connectivity index (χ1v) is 10.9. The van der Waals surface area contributed by atoms with Gasteiger partial charge in [-0.3, -0.25) is 14.5 Å². The zero-order valence-corrected chi connectivity index (χ0v) is 18.8. The molecule has 0 radical (unpaired) electrons. The molecule has 31 heavy (non-hydrogen) atoms. The van der Waals surface area contributed by atoms with Crippen molar-refractivity contribution in [3.63, 3.8) is 0 Å². The molecule has 6 nitrogen and oxygen atoms in total. The number of nitrogens with zero attached hydrogens (tertiary/aromatic N) is 1. The summed E-state index contributed by atoms with van der Waals surface area (Å²) < 4.78 is 6.56. The number of benzene rings is 2. The molecule has 0 bridgehead atoms. The molecular weight excluding hydrogens is 506 g/mol. The number of hydrogen-bond acceptors (Lipinski definition) is 5. The van der Waals surface area contributed by atoms with Gasteiger partial charge in [0.15, 0.2) is 0 Å². The van der Waals surface area contributed by atoms with Crippen molar-refractivity contribution >= 4 is 62.5 Å². The lowest BCUT2D eigenvalue weighted by Crippen LogP contribution is -2.27. The molecule has 1 fully saturated rings. The molecule has 2 aromatic carbocycles.